The number of carboxylic acids is 1. The molecule has 5 nitrogen and oxygen atoms in total. The van der Waals surface area contributed by atoms with Gasteiger partial charge in [0.15, 0.2) is 6.61 Å². The number of nitrogens with zero attached hydrogens (tertiary/aromatic N) is 2. The molecule has 4 rings (SSSR count). The normalized spacial score (nSPS) is 13.4. The molecule has 1 aromatic heterocycles. The first-order valence-corrected chi connectivity index (χ1v) is 11.0. The minimum absolute atomic E-state index is 0.335. The van der Waals surface area contributed by atoms with Crippen molar-refractivity contribution in [3.63, 3.8) is 0 Å². The van der Waals surface area contributed by atoms with Crippen molar-refractivity contribution in [1.29, 1.82) is 0 Å². The van der Waals surface area contributed by atoms with Crippen LogP contribution in [0.1, 0.15) is 17.5 Å². The average molecular weight is 435 g/mol. The van der Waals surface area contributed by atoms with Crippen LogP contribution in [0.4, 0.5) is 0 Å². The van der Waals surface area contributed by atoms with E-state index in [0.29, 0.717) is 5.75 Å². The minimum Gasteiger partial charge on any atom is -0.482 e. The fraction of sp³-hybridized carbons (Fsp3) is 0.240. The molecule has 160 valence electrons. The SMILES string of the molecule is Cc1cc(Sc2cc(C3=CCCN3C)cc(-c3cccn3C)c2)ccc1OCC(=O)O. The number of aliphatic carboxylic acids is 1. The summed E-state index contributed by atoms with van der Waals surface area (Å²) < 4.78 is 7.50. The Kier molecular flexibility index (Phi) is 6.09. The molecule has 2 heterocycles. The third kappa shape index (κ3) is 4.80. The van der Waals surface area contributed by atoms with Gasteiger partial charge in [0.2, 0.25) is 0 Å². The molecular weight excluding hydrogens is 408 g/mol. The Balaban J connectivity index is 1.67. The summed E-state index contributed by atoms with van der Waals surface area (Å²) in [5.41, 5.74) is 5.78. The average Bonchev–Trinajstić information content (AvgIpc) is 3.35. The molecule has 0 amide bonds. The molecule has 0 atom stereocenters. The third-order valence-electron chi connectivity index (χ3n) is 5.39. The zero-order chi connectivity index (χ0) is 22.0. The van der Waals surface area contributed by atoms with Crippen molar-refractivity contribution >= 4 is 23.4 Å². The third-order valence-corrected chi connectivity index (χ3v) is 6.35. The molecule has 0 aliphatic carbocycles. The highest BCUT2D eigenvalue weighted by Gasteiger charge is 2.16. The molecule has 0 saturated heterocycles. The van der Waals surface area contributed by atoms with Crippen molar-refractivity contribution in [2.75, 3.05) is 20.2 Å². The number of aryl methyl sites for hydroxylation is 2. The molecule has 1 aliphatic rings. The monoisotopic (exact) mass is 434 g/mol. The van der Waals surface area contributed by atoms with Gasteiger partial charge in [0.25, 0.3) is 0 Å². The maximum atomic E-state index is 10.8. The minimum atomic E-state index is -0.978. The summed E-state index contributed by atoms with van der Waals surface area (Å²) in [7, 11) is 4.20. The van der Waals surface area contributed by atoms with Gasteiger partial charge in [0.1, 0.15) is 5.75 Å². The highest BCUT2D eigenvalue weighted by molar-refractivity contribution is 7.99. The van der Waals surface area contributed by atoms with Gasteiger partial charge in [-0.05, 0) is 78.6 Å². The zero-order valence-corrected chi connectivity index (χ0v) is 18.8. The lowest BCUT2D eigenvalue weighted by Gasteiger charge is -2.18. The predicted octanol–water partition coefficient (Wildman–Crippen LogP) is 5.29. The fourth-order valence-corrected chi connectivity index (χ4v) is 4.86. The maximum absolute atomic E-state index is 10.8. The number of carbonyl (C=O) groups is 1. The van der Waals surface area contributed by atoms with Crippen LogP contribution in [-0.2, 0) is 11.8 Å². The van der Waals surface area contributed by atoms with Gasteiger partial charge in [0, 0.05) is 48.0 Å². The molecule has 0 fully saturated rings. The van der Waals surface area contributed by atoms with Gasteiger partial charge in [-0.3, -0.25) is 0 Å². The van der Waals surface area contributed by atoms with Crippen LogP contribution in [-0.4, -0.2) is 40.7 Å². The van der Waals surface area contributed by atoms with Crippen molar-refractivity contribution < 1.29 is 14.6 Å². The Morgan fingerprint density at radius 1 is 1.10 bits per heavy atom. The molecule has 31 heavy (non-hydrogen) atoms. The van der Waals surface area contributed by atoms with Crippen molar-refractivity contribution in [2.45, 2.75) is 23.1 Å². The molecule has 0 radical (unpaired) electrons. The smallest absolute Gasteiger partial charge is 0.341 e. The number of ether oxygens (including phenoxy) is 1. The summed E-state index contributed by atoms with van der Waals surface area (Å²) in [6.45, 7) is 2.65. The standard InChI is InChI=1S/C25H26N2O3S/c1-17-12-20(8-9-24(17)30-16-25(28)29)31-21-14-18(22-6-4-10-26(22)2)13-19(15-21)23-7-5-11-27(23)3/h4,6-10,12-15H,5,11,16H2,1-3H3,(H,28,29). The van der Waals surface area contributed by atoms with E-state index in [1.165, 1.54) is 22.5 Å². The van der Waals surface area contributed by atoms with Gasteiger partial charge >= 0.3 is 5.97 Å². The molecule has 1 N–H and O–H groups in total. The summed E-state index contributed by atoms with van der Waals surface area (Å²) >= 11 is 1.70. The van der Waals surface area contributed by atoms with Crippen molar-refractivity contribution in [2.24, 2.45) is 7.05 Å². The molecule has 1 aliphatic heterocycles. The van der Waals surface area contributed by atoms with E-state index >= 15 is 0 Å². The predicted molar refractivity (Wildman–Crippen MR) is 125 cm³/mol. The van der Waals surface area contributed by atoms with E-state index in [1.54, 1.807) is 11.8 Å². The van der Waals surface area contributed by atoms with Crippen LogP contribution in [0.25, 0.3) is 17.0 Å². The number of rotatable bonds is 7. The Morgan fingerprint density at radius 3 is 2.55 bits per heavy atom. The van der Waals surface area contributed by atoms with Crippen LogP contribution in [0.5, 0.6) is 5.75 Å². The molecule has 3 aromatic rings. The number of hydrogen-bond acceptors (Lipinski definition) is 4. The van der Waals surface area contributed by atoms with E-state index in [-0.39, 0.29) is 6.61 Å². The summed E-state index contributed by atoms with van der Waals surface area (Å²) in [6, 6.07) is 16.8. The maximum Gasteiger partial charge on any atom is 0.341 e. The number of benzene rings is 2. The lowest BCUT2D eigenvalue weighted by atomic mass is 10.1. The topological polar surface area (TPSA) is 54.7 Å². The van der Waals surface area contributed by atoms with E-state index in [9.17, 15) is 4.79 Å². The van der Waals surface area contributed by atoms with Gasteiger partial charge in [-0.2, -0.15) is 0 Å². The second-order valence-electron chi connectivity index (χ2n) is 7.76. The van der Waals surface area contributed by atoms with Crippen LogP contribution >= 0.6 is 11.8 Å². The Hall–Kier alpha value is -3.12. The number of aromatic nitrogens is 1. The Morgan fingerprint density at radius 2 is 1.90 bits per heavy atom. The summed E-state index contributed by atoms with van der Waals surface area (Å²) in [4.78, 5) is 15.3. The highest BCUT2D eigenvalue weighted by Crippen LogP contribution is 2.37. The zero-order valence-electron chi connectivity index (χ0n) is 18.0. The number of carboxylic acid groups (broad SMARTS) is 1. The molecule has 2 aromatic carbocycles. The molecule has 0 spiro atoms. The van der Waals surface area contributed by atoms with E-state index in [4.69, 9.17) is 9.84 Å². The van der Waals surface area contributed by atoms with Gasteiger partial charge in [-0.1, -0.05) is 17.8 Å². The summed E-state index contributed by atoms with van der Waals surface area (Å²) in [6.07, 6.45) is 5.44. The quantitative estimate of drug-likeness (QED) is 0.547. The first-order chi connectivity index (χ1) is 14.9. The second-order valence-corrected chi connectivity index (χ2v) is 8.91. The van der Waals surface area contributed by atoms with Crippen LogP contribution in [0, 0.1) is 6.92 Å². The van der Waals surface area contributed by atoms with Crippen LogP contribution in [0.15, 0.2) is 70.6 Å². The van der Waals surface area contributed by atoms with E-state index in [1.807, 2.05) is 25.1 Å². The Bertz CT molecular complexity index is 1150. The van der Waals surface area contributed by atoms with Crippen LogP contribution in [0.2, 0.25) is 0 Å². The van der Waals surface area contributed by atoms with Gasteiger partial charge in [-0.15, -0.1) is 0 Å². The molecular formula is C25H26N2O3S. The van der Waals surface area contributed by atoms with Crippen molar-refractivity contribution in [3.05, 3.63) is 71.9 Å². The lowest BCUT2D eigenvalue weighted by Crippen LogP contribution is -2.12. The highest BCUT2D eigenvalue weighted by atomic mass is 32.2. The Labute approximate surface area is 187 Å². The molecule has 0 unspecified atom stereocenters. The van der Waals surface area contributed by atoms with Crippen LogP contribution < -0.4 is 4.74 Å². The fourth-order valence-electron chi connectivity index (χ4n) is 3.85. The first kappa shape index (κ1) is 21.1. The molecule has 0 bridgehead atoms. The van der Waals surface area contributed by atoms with E-state index in [0.717, 1.165) is 28.3 Å². The van der Waals surface area contributed by atoms with Crippen LogP contribution in [0.3, 0.4) is 0 Å². The second kappa shape index (κ2) is 8.94. The largest absolute Gasteiger partial charge is 0.482 e. The molecule has 0 saturated carbocycles. The van der Waals surface area contributed by atoms with E-state index in [2.05, 4.69) is 66.2 Å². The first-order valence-electron chi connectivity index (χ1n) is 10.2. The number of hydrogen-bond donors (Lipinski definition) is 1. The van der Waals surface area contributed by atoms with E-state index < -0.39 is 5.97 Å². The molecule has 6 heteroatoms. The summed E-state index contributed by atoms with van der Waals surface area (Å²) in [5, 5.41) is 8.83. The van der Waals surface area contributed by atoms with Crippen molar-refractivity contribution in [1.82, 2.24) is 9.47 Å². The van der Waals surface area contributed by atoms with Gasteiger partial charge < -0.3 is 19.3 Å². The van der Waals surface area contributed by atoms with Gasteiger partial charge in [-0.25, -0.2) is 4.79 Å². The van der Waals surface area contributed by atoms with Crippen molar-refractivity contribution in [3.8, 4) is 17.0 Å². The lowest BCUT2D eigenvalue weighted by molar-refractivity contribution is -0.139. The summed E-state index contributed by atoms with van der Waals surface area (Å²) in [5.74, 6) is -0.378. The van der Waals surface area contributed by atoms with Gasteiger partial charge in [0.05, 0.1) is 0 Å².